The second-order valence-corrected chi connectivity index (χ2v) is 3.69. The first kappa shape index (κ1) is 7.63. The second kappa shape index (κ2) is 2.80. The van der Waals surface area contributed by atoms with Crippen molar-refractivity contribution in [3.63, 3.8) is 0 Å². The molecule has 1 atom stereocenters. The lowest BCUT2D eigenvalue weighted by Gasteiger charge is -2.01. The van der Waals surface area contributed by atoms with Gasteiger partial charge < -0.3 is 4.90 Å². The molecule has 2 rings (SSSR count). The van der Waals surface area contributed by atoms with Crippen LogP contribution in [-0.4, -0.2) is 12.6 Å². The lowest BCUT2D eigenvalue weighted by Crippen LogP contribution is -1.95. The molecule has 0 radical (unpaired) electrons. The highest BCUT2D eigenvalue weighted by molar-refractivity contribution is 9.10. The summed E-state index contributed by atoms with van der Waals surface area (Å²) >= 11 is 3.36. The molecule has 1 aromatic rings. The van der Waals surface area contributed by atoms with E-state index in [4.69, 9.17) is 5.26 Å². The van der Waals surface area contributed by atoms with E-state index in [0.717, 1.165) is 16.7 Å². The standard InChI is InChI=1S/C9H7BrN2/c10-7-1-3-8(4-2-7)12-6-9(12)5-11/h1-4,9H,6H2/t9-,12?/m1/s1. The highest BCUT2D eigenvalue weighted by atomic mass is 79.9. The Morgan fingerprint density at radius 3 is 2.58 bits per heavy atom. The molecule has 1 fully saturated rings. The molecular formula is C9H7BrN2. The first-order chi connectivity index (χ1) is 5.81. The van der Waals surface area contributed by atoms with Gasteiger partial charge in [-0.25, -0.2) is 0 Å². The van der Waals surface area contributed by atoms with E-state index in [1.807, 2.05) is 24.3 Å². The third-order valence-corrected chi connectivity index (χ3v) is 2.45. The zero-order valence-corrected chi connectivity index (χ0v) is 7.95. The van der Waals surface area contributed by atoms with Crippen LogP contribution in [0.25, 0.3) is 0 Å². The summed E-state index contributed by atoms with van der Waals surface area (Å²) in [6, 6.07) is 10.3. The Balaban J connectivity index is 2.17. The van der Waals surface area contributed by atoms with Crippen LogP contribution in [0.4, 0.5) is 5.69 Å². The highest BCUT2D eigenvalue weighted by Crippen LogP contribution is 2.27. The number of anilines is 1. The molecule has 0 aliphatic carbocycles. The molecular weight excluding hydrogens is 216 g/mol. The van der Waals surface area contributed by atoms with Crippen LogP contribution in [0, 0.1) is 11.3 Å². The molecule has 1 aliphatic heterocycles. The van der Waals surface area contributed by atoms with E-state index in [-0.39, 0.29) is 6.04 Å². The molecule has 0 amide bonds. The molecule has 12 heavy (non-hydrogen) atoms. The van der Waals surface area contributed by atoms with Gasteiger partial charge in [0.1, 0.15) is 6.04 Å². The van der Waals surface area contributed by atoms with Gasteiger partial charge in [-0.15, -0.1) is 0 Å². The quantitative estimate of drug-likeness (QED) is 0.682. The van der Waals surface area contributed by atoms with Crippen LogP contribution in [0.1, 0.15) is 0 Å². The molecule has 0 N–H and O–H groups in total. The Morgan fingerprint density at radius 1 is 1.42 bits per heavy atom. The molecule has 60 valence electrons. The van der Waals surface area contributed by atoms with Gasteiger partial charge in [0.2, 0.25) is 0 Å². The summed E-state index contributed by atoms with van der Waals surface area (Å²) < 4.78 is 1.07. The van der Waals surface area contributed by atoms with Gasteiger partial charge in [0.25, 0.3) is 0 Å². The number of hydrogen-bond donors (Lipinski definition) is 0. The van der Waals surface area contributed by atoms with E-state index in [9.17, 15) is 0 Å². The van der Waals surface area contributed by atoms with Gasteiger partial charge in [-0.1, -0.05) is 15.9 Å². The van der Waals surface area contributed by atoms with Crippen LogP contribution in [0.2, 0.25) is 0 Å². The van der Waals surface area contributed by atoms with Crippen molar-refractivity contribution in [3.8, 4) is 6.07 Å². The fraction of sp³-hybridized carbons (Fsp3) is 0.222. The lowest BCUT2D eigenvalue weighted by molar-refractivity contribution is 1.26. The first-order valence-corrected chi connectivity index (χ1v) is 4.52. The number of halogens is 1. The zero-order valence-electron chi connectivity index (χ0n) is 6.37. The average Bonchev–Trinajstić information content (AvgIpc) is 2.85. The first-order valence-electron chi connectivity index (χ1n) is 3.73. The maximum atomic E-state index is 8.59. The zero-order chi connectivity index (χ0) is 8.55. The van der Waals surface area contributed by atoms with Gasteiger partial charge in [0, 0.05) is 10.2 Å². The van der Waals surface area contributed by atoms with Crippen LogP contribution in [0.3, 0.4) is 0 Å². The van der Waals surface area contributed by atoms with Gasteiger partial charge in [0.05, 0.1) is 12.6 Å². The minimum atomic E-state index is 0.103. The Bertz CT molecular complexity index is 325. The van der Waals surface area contributed by atoms with Crippen LogP contribution in [-0.2, 0) is 0 Å². The number of rotatable bonds is 1. The van der Waals surface area contributed by atoms with E-state index in [2.05, 4.69) is 26.9 Å². The Kier molecular flexibility index (Phi) is 1.78. The predicted molar refractivity (Wildman–Crippen MR) is 50.9 cm³/mol. The Labute approximate surface area is 79.5 Å². The Hall–Kier alpha value is -1.01. The highest BCUT2D eigenvalue weighted by Gasteiger charge is 2.33. The molecule has 1 saturated heterocycles. The molecule has 1 aliphatic rings. The number of hydrogen-bond acceptors (Lipinski definition) is 2. The predicted octanol–water partition coefficient (Wildman–Crippen LogP) is 2.16. The summed E-state index contributed by atoms with van der Waals surface area (Å²) in [6.45, 7) is 0.873. The molecule has 0 aromatic heterocycles. The topological polar surface area (TPSA) is 26.8 Å². The van der Waals surface area contributed by atoms with Gasteiger partial charge in [-0.3, -0.25) is 0 Å². The van der Waals surface area contributed by atoms with Gasteiger partial charge >= 0.3 is 0 Å². The van der Waals surface area contributed by atoms with Crippen molar-refractivity contribution in [2.24, 2.45) is 0 Å². The summed E-state index contributed by atoms with van der Waals surface area (Å²) in [4.78, 5) is 2.06. The van der Waals surface area contributed by atoms with Gasteiger partial charge in [-0.05, 0) is 24.3 Å². The number of nitriles is 1. The van der Waals surface area contributed by atoms with Crippen molar-refractivity contribution in [2.75, 3.05) is 11.4 Å². The molecule has 0 unspecified atom stereocenters. The fourth-order valence-corrected chi connectivity index (χ4v) is 1.43. The average molecular weight is 223 g/mol. The summed E-state index contributed by atoms with van der Waals surface area (Å²) in [5.41, 5.74) is 1.13. The third kappa shape index (κ3) is 1.30. The van der Waals surface area contributed by atoms with Crippen molar-refractivity contribution in [2.45, 2.75) is 6.04 Å². The van der Waals surface area contributed by atoms with Crippen molar-refractivity contribution in [1.29, 1.82) is 5.26 Å². The smallest absolute Gasteiger partial charge is 0.134 e. The number of benzene rings is 1. The minimum absolute atomic E-state index is 0.103. The van der Waals surface area contributed by atoms with Crippen LogP contribution in [0.5, 0.6) is 0 Å². The Morgan fingerprint density at radius 2 is 2.08 bits per heavy atom. The normalized spacial score (nSPS) is 20.3. The van der Waals surface area contributed by atoms with Crippen molar-refractivity contribution < 1.29 is 0 Å². The summed E-state index contributed by atoms with van der Waals surface area (Å²) in [7, 11) is 0. The molecule has 0 bridgehead atoms. The summed E-state index contributed by atoms with van der Waals surface area (Å²) in [5.74, 6) is 0. The van der Waals surface area contributed by atoms with E-state index in [0.29, 0.717) is 0 Å². The largest absolute Gasteiger partial charge is 0.351 e. The van der Waals surface area contributed by atoms with Crippen LogP contribution < -0.4 is 4.90 Å². The minimum Gasteiger partial charge on any atom is -0.351 e. The summed E-state index contributed by atoms with van der Waals surface area (Å²) in [5, 5.41) is 8.59. The molecule has 0 spiro atoms. The fourth-order valence-electron chi connectivity index (χ4n) is 1.17. The van der Waals surface area contributed by atoms with E-state index in [1.54, 1.807) is 0 Å². The second-order valence-electron chi connectivity index (χ2n) is 2.77. The third-order valence-electron chi connectivity index (χ3n) is 1.92. The van der Waals surface area contributed by atoms with Gasteiger partial charge in [-0.2, -0.15) is 5.26 Å². The van der Waals surface area contributed by atoms with E-state index < -0.39 is 0 Å². The summed E-state index contributed by atoms with van der Waals surface area (Å²) in [6.07, 6.45) is 0. The number of nitrogens with zero attached hydrogens (tertiary/aromatic N) is 2. The molecule has 0 saturated carbocycles. The van der Waals surface area contributed by atoms with E-state index >= 15 is 0 Å². The maximum absolute atomic E-state index is 8.59. The van der Waals surface area contributed by atoms with Crippen LogP contribution in [0.15, 0.2) is 28.7 Å². The molecule has 1 heterocycles. The SMILES string of the molecule is N#C[C@@H]1CN1c1ccc(Br)cc1. The molecule has 1 aromatic carbocycles. The van der Waals surface area contributed by atoms with Crippen molar-refractivity contribution in [1.82, 2.24) is 0 Å². The van der Waals surface area contributed by atoms with Crippen LogP contribution >= 0.6 is 15.9 Å². The van der Waals surface area contributed by atoms with E-state index in [1.165, 1.54) is 0 Å². The molecule has 2 nitrogen and oxygen atoms in total. The maximum Gasteiger partial charge on any atom is 0.134 e. The van der Waals surface area contributed by atoms with Crippen molar-refractivity contribution >= 4 is 21.6 Å². The van der Waals surface area contributed by atoms with Gasteiger partial charge in [0.15, 0.2) is 0 Å². The monoisotopic (exact) mass is 222 g/mol. The lowest BCUT2D eigenvalue weighted by atomic mass is 10.3. The van der Waals surface area contributed by atoms with Crippen molar-refractivity contribution in [3.05, 3.63) is 28.7 Å². The molecule has 3 heteroatoms.